The molecular weight excluding hydrogens is 412 g/mol. The van der Waals surface area contributed by atoms with Gasteiger partial charge in [0.2, 0.25) is 11.1 Å². The molecule has 152 valence electrons. The van der Waals surface area contributed by atoms with E-state index in [0.717, 1.165) is 25.0 Å². The fourth-order valence-corrected chi connectivity index (χ4v) is 4.82. The SMILES string of the molecule is COc1ccc(OC)c(-n2nnnc2SCC(=O)Nc2nc3c(s2)CCCC3)c1. The number of anilines is 1. The number of aryl methyl sites for hydroxylation is 2. The van der Waals surface area contributed by atoms with Crippen LogP contribution in [0.1, 0.15) is 23.4 Å². The summed E-state index contributed by atoms with van der Waals surface area (Å²) in [7, 11) is 3.16. The number of thioether (sulfide) groups is 1. The first-order valence-electron chi connectivity index (χ1n) is 9.10. The number of methoxy groups -OCH3 is 2. The van der Waals surface area contributed by atoms with Crippen molar-refractivity contribution in [2.24, 2.45) is 0 Å². The zero-order valence-corrected chi connectivity index (χ0v) is 17.7. The van der Waals surface area contributed by atoms with E-state index in [9.17, 15) is 4.79 Å². The van der Waals surface area contributed by atoms with Crippen LogP contribution in [-0.2, 0) is 17.6 Å². The molecule has 1 N–H and O–H groups in total. The van der Waals surface area contributed by atoms with Gasteiger partial charge < -0.3 is 14.8 Å². The highest BCUT2D eigenvalue weighted by molar-refractivity contribution is 7.99. The average molecular weight is 433 g/mol. The molecule has 2 aromatic heterocycles. The van der Waals surface area contributed by atoms with E-state index < -0.39 is 0 Å². The Hall–Kier alpha value is -2.66. The molecule has 0 bridgehead atoms. The summed E-state index contributed by atoms with van der Waals surface area (Å²) in [5.74, 6) is 1.26. The number of hydrogen-bond donors (Lipinski definition) is 1. The number of thiazole rings is 1. The number of amides is 1. The molecule has 1 amide bonds. The van der Waals surface area contributed by atoms with E-state index in [2.05, 4.69) is 25.8 Å². The van der Waals surface area contributed by atoms with E-state index in [4.69, 9.17) is 9.47 Å². The topological polar surface area (TPSA) is 104 Å². The molecule has 3 aromatic rings. The first kappa shape index (κ1) is 19.6. The second-order valence-corrected chi connectivity index (χ2v) is 8.37. The third kappa shape index (κ3) is 4.35. The molecule has 0 atom stereocenters. The van der Waals surface area contributed by atoms with Crippen LogP contribution in [0.4, 0.5) is 5.13 Å². The molecule has 11 heteroatoms. The zero-order chi connectivity index (χ0) is 20.2. The molecule has 0 aliphatic heterocycles. The zero-order valence-electron chi connectivity index (χ0n) is 16.0. The summed E-state index contributed by atoms with van der Waals surface area (Å²) in [5, 5.41) is 15.8. The lowest BCUT2D eigenvalue weighted by atomic mass is 10.0. The van der Waals surface area contributed by atoms with Crippen molar-refractivity contribution in [2.75, 3.05) is 25.3 Å². The Morgan fingerprint density at radius 1 is 1.28 bits per heavy atom. The van der Waals surface area contributed by atoms with E-state index >= 15 is 0 Å². The highest BCUT2D eigenvalue weighted by Gasteiger charge is 2.18. The van der Waals surface area contributed by atoms with Crippen molar-refractivity contribution < 1.29 is 14.3 Å². The molecule has 29 heavy (non-hydrogen) atoms. The number of ether oxygens (including phenoxy) is 2. The van der Waals surface area contributed by atoms with Crippen LogP contribution in [0, 0.1) is 0 Å². The number of rotatable bonds is 7. The largest absolute Gasteiger partial charge is 0.497 e. The summed E-state index contributed by atoms with van der Waals surface area (Å²) >= 11 is 2.81. The number of carbonyl (C=O) groups is 1. The third-order valence-corrected chi connectivity index (χ3v) is 6.47. The number of carbonyl (C=O) groups excluding carboxylic acids is 1. The Bertz CT molecular complexity index is 995. The van der Waals surface area contributed by atoms with Crippen molar-refractivity contribution in [3.63, 3.8) is 0 Å². The van der Waals surface area contributed by atoms with Crippen molar-refractivity contribution in [1.29, 1.82) is 0 Å². The van der Waals surface area contributed by atoms with Crippen LogP contribution < -0.4 is 14.8 Å². The molecule has 0 fully saturated rings. The molecule has 0 radical (unpaired) electrons. The molecule has 9 nitrogen and oxygen atoms in total. The van der Waals surface area contributed by atoms with E-state index in [1.54, 1.807) is 43.8 Å². The molecule has 1 aliphatic rings. The van der Waals surface area contributed by atoms with Gasteiger partial charge in [-0.1, -0.05) is 11.8 Å². The van der Waals surface area contributed by atoms with Gasteiger partial charge in [0, 0.05) is 10.9 Å². The van der Waals surface area contributed by atoms with Crippen LogP contribution in [0.2, 0.25) is 0 Å². The van der Waals surface area contributed by atoms with Gasteiger partial charge in [0.25, 0.3) is 0 Å². The van der Waals surface area contributed by atoms with Gasteiger partial charge in [0.15, 0.2) is 5.13 Å². The third-order valence-electron chi connectivity index (χ3n) is 4.48. The molecular formula is C18H20N6O3S2. The van der Waals surface area contributed by atoms with Crippen molar-refractivity contribution in [2.45, 2.75) is 30.8 Å². The molecule has 2 heterocycles. The molecule has 0 saturated heterocycles. The van der Waals surface area contributed by atoms with Crippen LogP contribution >= 0.6 is 23.1 Å². The normalized spacial score (nSPS) is 13.0. The van der Waals surface area contributed by atoms with Gasteiger partial charge in [-0.3, -0.25) is 4.79 Å². The smallest absolute Gasteiger partial charge is 0.236 e. The van der Waals surface area contributed by atoms with Crippen LogP contribution in [0.5, 0.6) is 11.5 Å². The summed E-state index contributed by atoms with van der Waals surface area (Å²) in [5.41, 5.74) is 1.76. The molecule has 1 aromatic carbocycles. The number of tetrazole rings is 1. The van der Waals surface area contributed by atoms with Gasteiger partial charge in [-0.25, -0.2) is 4.98 Å². The standard InChI is InChI=1S/C18H20N6O3S2/c1-26-11-7-8-14(27-2)13(9-11)24-18(21-22-23-24)28-10-16(25)20-17-19-12-5-3-4-6-15(12)29-17/h7-9H,3-6,10H2,1-2H3,(H,19,20,25). The second-order valence-electron chi connectivity index (χ2n) is 6.34. The van der Waals surface area contributed by atoms with Gasteiger partial charge in [0.05, 0.1) is 25.7 Å². The van der Waals surface area contributed by atoms with E-state index in [1.807, 2.05) is 0 Å². The average Bonchev–Trinajstić information content (AvgIpc) is 3.37. The van der Waals surface area contributed by atoms with Crippen molar-refractivity contribution in [3.05, 3.63) is 28.8 Å². The lowest BCUT2D eigenvalue weighted by molar-refractivity contribution is -0.113. The van der Waals surface area contributed by atoms with E-state index in [1.165, 1.54) is 27.7 Å². The lowest BCUT2D eigenvalue weighted by Crippen LogP contribution is -2.14. The second kappa shape index (κ2) is 8.78. The monoisotopic (exact) mass is 432 g/mol. The van der Waals surface area contributed by atoms with E-state index in [-0.39, 0.29) is 11.7 Å². The highest BCUT2D eigenvalue weighted by Crippen LogP contribution is 2.31. The Morgan fingerprint density at radius 2 is 2.14 bits per heavy atom. The van der Waals surface area contributed by atoms with Gasteiger partial charge in [-0.15, -0.1) is 16.4 Å². The first-order chi connectivity index (χ1) is 14.2. The van der Waals surface area contributed by atoms with Crippen molar-refractivity contribution >= 4 is 34.1 Å². The first-order valence-corrected chi connectivity index (χ1v) is 10.9. The summed E-state index contributed by atoms with van der Waals surface area (Å²) in [6.07, 6.45) is 4.40. The molecule has 0 spiro atoms. The van der Waals surface area contributed by atoms with E-state index in [0.29, 0.717) is 27.5 Å². The summed E-state index contributed by atoms with van der Waals surface area (Å²) < 4.78 is 12.2. The summed E-state index contributed by atoms with van der Waals surface area (Å²) in [6.45, 7) is 0. The quantitative estimate of drug-likeness (QED) is 0.569. The number of aromatic nitrogens is 5. The van der Waals surface area contributed by atoms with Gasteiger partial charge in [-0.2, -0.15) is 4.68 Å². The predicted octanol–water partition coefficient (Wildman–Crippen LogP) is 2.75. The Labute approximate surface area is 175 Å². The van der Waals surface area contributed by atoms with Crippen molar-refractivity contribution in [1.82, 2.24) is 25.2 Å². The number of hydrogen-bond acceptors (Lipinski definition) is 9. The number of benzene rings is 1. The Balaban J connectivity index is 1.44. The fourth-order valence-electron chi connectivity index (χ4n) is 3.07. The lowest BCUT2D eigenvalue weighted by Gasteiger charge is -2.11. The molecule has 4 rings (SSSR count). The maximum absolute atomic E-state index is 12.4. The number of fused-ring (bicyclic) bond motifs is 1. The minimum Gasteiger partial charge on any atom is -0.497 e. The Morgan fingerprint density at radius 3 is 2.93 bits per heavy atom. The van der Waals surface area contributed by atoms with Gasteiger partial charge in [0.1, 0.15) is 17.2 Å². The highest BCUT2D eigenvalue weighted by atomic mass is 32.2. The molecule has 1 aliphatic carbocycles. The van der Waals surface area contributed by atoms with Crippen LogP contribution in [0.25, 0.3) is 5.69 Å². The minimum atomic E-state index is -0.145. The van der Waals surface area contributed by atoms with Crippen LogP contribution in [0.3, 0.4) is 0 Å². The summed E-state index contributed by atoms with van der Waals surface area (Å²) in [4.78, 5) is 18.2. The number of nitrogens with one attached hydrogen (secondary N) is 1. The Kier molecular flexibility index (Phi) is 5.95. The predicted molar refractivity (Wildman–Crippen MR) is 110 cm³/mol. The van der Waals surface area contributed by atoms with Gasteiger partial charge >= 0.3 is 0 Å². The molecule has 0 saturated carbocycles. The van der Waals surface area contributed by atoms with Crippen LogP contribution in [-0.4, -0.2) is 51.1 Å². The van der Waals surface area contributed by atoms with Crippen molar-refractivity contribution in [3.8, 4) is 17.2 Å². The summed E-state index contributed by atoms with van der Waals surface area (Å²) in [6, 6.07) is 5.35. The maximum Gasteiger partial charge on any atom is 0.236 e. The number of nitrogens with zero attached hydrogens (tertiary/aromatic N) is 5. The molecule has 0 unspecified atom stereocenters. The fraction of sp³-hybridized carbons (Fsp3) is 0.389. The van der Waals surface area contributed by atoms with Crippen LogP contribution in [0.15, 0.2) is 23.4 Å². The maximum atomic E-state index is 12.4. The minimum absolute atomic E-state index is 0.145. The van der Waals surface area contributed by atoms with Gasteiger partial charge in [-0.05, 0) is 48.2 Å².